The zero-order valence-electron chi connectivity index (χ0n) is 13.0. The highest BCUT2D eigenvalue weighted by atomic mass is 16.5. The Morgan fingerprint density at radius 3 is 2.58 bits per heavy atom. The first-order valence-electron chi connectivity index (χ1n) is 7.41. The maximum atomic E-state index is 12.0. The summed E-state index contributed by atoms with van der Waals surface area (Å²) in [7, 11) is 0. The fourth-order valence-electron chi connectivity index (χ4n) is 2.36. The largest absolute Gasteiger partial charge is 0.461 e. The van der Waals surface area contributed by atoms with Crippen LogP contribution in [0.2, 0.25) is 0 Å². The molecule has 3 rings (SSSR count). The molecule has 0 atom stereocenters. The van der Waals surface area contributed by atoms with Gasteiger partial charge in [0.1, 0.15) is 5.69 Å². The highest BCUT2D eigenvalue weighted by molar-refractivity contribution is 5.94. The van der Waals surface area contributed by atoms with E-state index in [1.54, 1.807) is 19.1 Å². The van der Waals surface area contributed by atoms with Gasteiger partial charge in [0, 0.05) is 5.56 Å². The SMILES string of the molecule is CCOC(=O)c1n[nH]nc1-c1cccc(-c2ccc(C#N)cc2)c1. The van der Waals surface area contributed by atoms with Crippen molar-refractivity contribution in [3.8, 4) is 28.5 Å². The predicted octanol–water partition coefficient (Wildman–Crippen LogP) is 3.19. The minimum atomic E-state index is -0.509. The van der Waals surface area contributed by atoms with Gasteiger partial charge in [0.25, 0.3) is 0 Å². The molecule has 3 aromatic rings. The third-order valence-corrected chi connectivity index (χ3v) is 3.50. The molecule has 1 N–H and O–H groups in total. The van der Waals surface area contributed by atoms with Crippen LogP contribution in [-0.4, -0.2) is 28.0 Å². The van der Waals surface area contributed by atoms with Crippen molar-refractivity contribution < 1.29 is 9.53 Å². The number of rotatable bonds is 4. The quantitative estimate of drug-likeness (QED) is 0.746. The van der Waals surface area contributed by atoms with Crippen LogP contribution in [0.5, 0.6) is 0 Å². The number of H-pyrrole nitrogens is 1. The molecule has 6 nitrogen and oxygen atoms in total. The number of ether oxygens (including phenoxy) is 1. The average Bonchev–Trinajstić information content (AvgIpc) is 3.12. The van der Waals surface area contributed by atoms with Crippen molar-refractivity contribution in [2.45, 2.75) is 6.92 Å². The molecule has 0 aliphatic carbocycles. The Balaban J connectivity index is 1.98. The molecule has 0 unspecified atom stereocenters. The van der Waals surface area contributed by atoms with Crippen LogP contribution in [0.15, 0.2) is 48.5 Å². The number of nitrogens with zero attached hydrogens (tertiary/aromatic N) is 3. The van der Waals surface area contributed by atoms with Crippen LogP contribution in [0.1, 0.15) is 23.0 Å². The molecule has 0 amide bonds. The number of hydrogen-bond acceptors (Lipinski definition) is 5. The van der Waals surface area contributed by atoms with Gasteiger partial charge in [-0.05, 0) is 36.2 Å². The Labute approximate surface area is 138 Å². The number of nitrogens with one attached hydrogen (secondary N) is 1. The maximum absolute atomic E-state index is 12.0. The van der Waals surface area contributed by atoms with Crippen molar-refractivity contribution in [3.63, 3.8) is 0 Å². The van der Waals surface area contributed by atoms with Crippen LogP contribution in [0.3, 0.4) is 0 Å². The molecule has 0 radical (unpaired) electrons. The minimum Gasteiger partial charge on any atom is -0.461 e. The van der Waals surface area contributed by atoms with Crippen LogP contribution in [-0.2, 0) is 4.74 Å². The van der Waals surface area contributed by atoms with Gasteiger partial charge in [-0.25, -0.2) is 4.79 Å². The van der Waals surface area contributed by atoms with E-state index in [1.807, 2.05) is 36.4 Å². The first-order chi connectivity index (χ1) is 11.7. The van der Waals surface area contributed by atoms with Crippen LogP contribution >= 0.6 is 0 Å². The summed E-state index contributed by atoms with van der Waals surface area (Å²) < 4.78 is 5.00. The number of esters is 1. The van der Waals surface area contributed by atoms with Gasteiger partial charge in [-0.3, -0.25) is 0 Å². The van der Waals surface area contributed by atoms with Gasteiger partial charge in [0.05, 0.1) is 18.2 Å². The summed E-state index contributed by atoms with van der Waals surface area (Å²) in [6.45, 7) is 2.01. The fourth-order valence-corrected chi connectivity index (χ4v) is 2.36. The molecule has 0 saturated heterocycles. The molecule has 0 bridgehead atoms. The molecule has 0 spiro atoms. The summed E-state index contributed by atoms with van der Waals surface area (Å²) in [5.74, 6) is -0.509. The molecule has 2 aromatic carbocycles. The van der Waals surface area contributed by atoms with Crippen molar-refractivity contribution in [3.05, 3.63) is 59.8 Å². The molecular weight excluding hydrogens is 304 g/mol. The fraction of sp³-hybridized carbons (Fsp3) is 0.111. The zero-order valence-corrected chi connectivity index (χ0v) is 13.0. The van der Waals surface area contributed by atoms with Gasteiger partial charge in [0.2, 0.25) is 0 Å². The lowest BCUT2D eigenvalue weighted by Gasteiger charge is -2.05. The standard InChI is InChI=1S/C18H14N4O2/c1-2-24-18(23)17-16(20-22-21-17)15-5-3-4-14(10-15)13-8-6-12(11-19)7-9-13/h3-10H,2H2,1H3,(H,20,21,22). The van der Waals surface area contributed by atoms with Crippen LogP contribution in [0.25, 0.3) is 22.4 Å². The number of hydrogen-bond donors (Lipinski definition) is 1. The molecular formula is C18H14N4O2. The lowest BCUT2D eigenvalue weighted by Crippen LogP contribution is -2.06. The number of carbonyl (C=O) groups excluding carboxylic acids is 1. The third-order valence-electron chi connectivity index (χ3n) is 3.50. The summed E-state index contributed by atoms with van der Waals surface area (Å²) in [5.41, 5.74) is 3.90. The Kier molecular flexibility index (Phi) is 4.34. The van der Waals surface area contributed by atoms with E-state index in [9.17, 15) is 4.79 Å². The molecule has 0 aliphatic rings. The van der Waals surface area contributed by atoms with Gasteiger partial charge >= 0.3 is 5.97 Å². The highest BCUT2D eigenvalue weighted by Gasteiger charge is 2.19. The van der Waals surface area contributed by atoms with E-state index >= 15 is 0 Å². The number of aromatic nitrogens is 3. The Bertz CT molecular complexity index is 907. The second-order valence-electron chi connectivity index (χ2n) is 5.01. The molecule has 6 heteroatoms. The first-order valence-corrected chi connectivity index (χ1v) is 7.41. The van der Waals surface area contributed by atoms with Gasteiger partial charge in [0.15, 0.2) is 5.69 Å². The van der Waals surface area contributed by atoms with Crippen molar-refractivity contribution in [1.29, 1.82) is 5.26 Å². The van der Waals surface area contributed by atoms with Gasteiger partial charge in [-0.15, -0.1) is 5.10 Å². The van der Waals surface area contributed by atoms with E-state index in [1.165, 1.54) is 0 Å². The third kappa shape index (κ3) is 3.01. The molecule has 1 aromatic heterocycles. The summed E-state index contributed by atoms with van der Waals surface area (Å²) >= 11 is 0. The molecule has 0 saturated carbocycles. The molecule has 0 aliphatic heterocycles. The lowest BCUT2D eigenvalue weighted by atomic mass is 10.0. The Hall–Kier alpha value is -3.46. The second kappa shape index (κ2) is 6.75. The smallest absolute Gasteiger partial charge is 0.361 e. The number of benzene rings is 2. The monoisotopic (exact) mass is 318 g/mol. The minimum absolute atomic E-state index is 0.161. The van der Waals surface area contributed by atoms with E-state index in [2.05, 4.69) is 21.5 Å². The van der Waals surface area contributed by atoms with Crippen LogP contribution < -0.4 is 0 Å². The van der Waals surface area contributed by atoms with Crippen LogP contribution in [0, 0.1) is 11.3 Å². The van der Waals surface area contributed by atoms with E-state index in [0.717, 1.165) is 16.7 Å². The normalized spacial score (nSPS) is 10.2. The van der Waals surface area contributed by atoms with E-state index in [0.29, 0.717) is 11.3 Å². The number of aromatic amines is 1. The zero-order chi connectivity index (χ0) is 16.9. The highest BCUT2D eigenvalue weighted by Crippen LogP contribution is 2.27. The topological polar surface area (TPSA) is 91.7 Å². The van der Waals surface area contributed by atoms with Crippen molar-refractivity contribution in [1.82, 2.24) is 15.4 Å². The van der Waals surface area contributed by atoms with Gasteiger partial charge in [-0.1, -0.05) is 30.3 Å². The lowest BCUT2D eigenvalue weighted by molar-refractivity contribution is 0.0520. The average molecular weight is 318 g/mol. The molecule has 1 heterocycles. The molecule has 24 heavy (non-hydrogen) atoms. The van der Waals surface area contributed by atoms with E-state index in [4.69, 9.17) is 10.00 Å². The Morgan fingerprint density at radius 1 is 1.12 bits per heavy atom. The first kappa shape index (κ1) is 15.4. The Morgan fingerprint density at radius 2 is 1.88 bits per heavy atom. The van der Waals surface area contributed by atoms with Crippen molar-refractivity contribution in [2.24, 2.45) is 0 Å². The molecule has 118 valence electrons. The maximum Gasteiger partial charge on any atom is 0.361 e. The predicted molar refractivity (Wildman–Crippen MR) is 87.9 cm³/mol. The summed E-state index contributed by atoms with van der Waals surface area (Å²) in [5, 5.41) is 19.3. The van der Waals surface area contributed by atoms with E-state index < -0.39 is 5.97 Å². The number of carbonyl (C=O) groups is 1. The van der Waals surface area contributed by atoms with Gasteiger partial charge < -0.3 is 4.74 Å². The van der Waals surface area contributed by atoms with Crippen LogP contribution in [0.4, 0.5) is 0 Å². The summed E-state index contributed by atoms with van der Waals surface area (Å²) in [6.07, 6.45) is 0. The number of nitriles is 1. The van der Waals surface area contributed by atoms with Crippen molar-refractivity contribution in [2.75, 3.05) is 6.61 Å². The summed E-state index contributed by atoms with van der Waals surface area (Å²) in [4.78, 5) is 12.0. The van der Waals surface area contributed by atoms with E-state index in [-0.39, 0.29) is 12.3 Å². The summed E-state index contributed by atoms with van der Waals surface area (Å²) in [6, 6.07) is 17.0. The van der Waals surface area contributed by atoms with Gasteiger partial charge in [-0.2, -0.15) is 15.6 Å². The molecule has 0 fully saturated rings. The second-order valence-corrected chi connectivity index (χ2v) is 5.01. The van der Waals surface area contributed by atoms with Crippen molar-refractivity contribution >= 4 is 5.97 Å².